The summed E-state index contributed by atoms with van der Waals surface area (Å²) in [7, 11) is 0. The van der Waals surface area contributed by atoms with Crippen LogP contribution in [0.5, 0.6) is 0 Å². The fourth-order valence-corrected chi connectivity index (χ4v) is 3.09. The van der Waals surface area contributed by atoms with Crippen LogP contribution in [0.3, 0.4) is 0 Å². The molecule has 0 heterocycles. The first kappa shape index (κ1) is 11.5. The Morgan fingerprint density at radius 1 is 1.11 bits per heavy atom. The Kier molecular flexibility index (Phi) is 2.91. The standard InChI is InChI=1S/C17H18O/c1-2-17(18)16-11-10-15(16)14-9-5-7-12-6-3-4-8-13(12)14/h3-9,15-16H,2,10-11H2,1H3. The lowest BCUT2D eigenvalue weighted by Gasteiger charge is -2.36. The predicted molar refractivity (Wildman–Crippen MR) is 74.7 cm³/mol. The van der Waals surface area contributed by atoms with Gasteiger partial charge in [-0.3, -0.25) is 4.79 Å². The molecule has 0 radical (unpaired) electrons. The van der Waals surface area contributed by atoms with Crippen LogP contribution in [0.15, 0.2) is 42.5 Å². The van der Waals surface area contributed by atoms with E-state index in [0.29, 0.717) is 18.1 Å². The maximum absolute atomic E-state index is 11.9. The molecule has 2 unspecified atom stereocenters. The van der Waals surface area contributed by atoms with Crippen LogP contribution in [0.1, 0.15) is 37.7 Å². The maximum Gasteiger partial charge on any atom is 0.136 e. The van der Waals surface area contributed by atoms with Crippen LogP contribution < -0.4 is 0 Å². The van der Waals surface area contributed by atoms with Crippen molar-refractivity contribution in [3.63, 3.8) is 0 Å². The van der Waals surface area contributed by atoms with Crippen LogP contribution in [0.2, 0.25) is 0 Å². The first-order chi connectivity index (χ1) is 8.81. The Morgan fingerprint density at radius 3 is 2.61 bits per heavy atom. The fraction of sp³-hybridized carbons (Fsp3) is 0.353. The van der Waals surface area contributed by atoms with Gasteiger partial charge in [0.1, 0.15) is 5.78 Å². The maximum atomic E-state index is 11.9. The topological polar surface area (TPSA) is 17.1 Å². The van der Waals surface area contributed by atoms with E-state index in [4.69, 9.17) is 0 Å². The van der Waals surface area contributed by atoms with E-state index in [9.17, 15) is 4.79 Å². The van der Waals surface area contributed by atoms with E-state index in [-0.39, 0.29) is 5.92 Å². The molecule has 92 valence electrons. The van der Waals surface area contributed by atoms with Crippen molar-refractivity contribution in [3.05, 3.63) is 48.0 Å². The molecule has 1 aliphatic rings. The smallest absolute Gasteiger partial charge is 0.136 e. The van der Waals surface area contributed by atoms with Crippen molar-refractivity contribution in [2.24, 2.45) is 5.92 Å². The Labute approximate surface area is 108 Å². The van der Waals surface area contributed by atoms with Gasteiger partial charge in [-0.15, -0.1) is 0 Å². The minimum atomic E-state index is 0.265. The second kappa shape index (κ2) is 4.56. The Hall–Kier alpha value is -1.63. The normalized spacial score (nSPS) is 22.7. The van der Waals surface area contributed by atoms with E-state index in [0.717, 1.165) is 12.8 Å². The molecule has 0 saturated heterocycles. The van der Waals surface area contributed by atoms with Crippen LogP contribution in [0.4, 0.5) is 0 Å². The van der Waals surface area contributed by atoms with Crippen molar-refractivity contribution in [3.8, 4) is 0 Å². The van der Waals surface area contributed by atoms with Crippen molar-refractivity contribution in [1.82, 2.24) is 0 Å². The number of carbonyl (C=O) groups excluding carboxylic acids is 1. The summed E-state index contributed by atoms with van der Waals surface area (Å²) in [6.45, 7) is 1.97. The SMILES string of the molecule is CCC(=O)C1CCC1c1cccc2ccccc12. The van der Waals surface area contributed by atoms with E-state index in [2.05, 4.69) is 42.5 Å². The van der Waals surface area contributed by atoms with Gasteiger partial charge >= 0.3 is 0 Å². The molecule has 0 N–H and O–H groups in total. The van der Waals surface area contributed by atoms with Gasteiger partial charge in [0, 0.05) is 12.3 Å². The Morgan fingerprint density at radius 2 is 1.89 bits per heavy atom. The molecule has 0 bridgehead atoms. The highest BCUT2D eigenvalue weighted by atomic mass is 16.1. The lowest BCUT2D eigenvalue weighted by atomic mass is 9.67. The molecule has 2 aromatic rings. The molecular formula is C17H18O. The number of Topliss-reactive ketones (excluding diaryl/α,β-unsaturated/α-hetero) is 1. The molecule has 2 atom stereocenters. The van der Waals surface area contributed by atoms with E-state index in [1.807, 2.05) is 6.92 Å². The molecule has 1 fully saturated rings. The zero-order chi connectivity index (χ0) is 12.5. The molecule has 0 aliphatic heterocycles. The van der Waals surface area contributed by atoms with Gasteiger partial charge < -0.3 is 0 Å². The number of fused-ring (bicyclic) bond motifs is 1. The van der Waals surface area contributed by atoms with Crippen molar-refractivity contribution >= 4 is 16.6 Å². The number of ketones is 1. The lowest BCUT2D eigenvalue weighted by molar-refractivity contribution is -0.125. The summed E-state index contributed by atoms with van der Waals surface area (Å²) in [6, 6.07) is 14.9. The first-order valence-electron chi connectivity index (χ1n) is 6.81. The summed E-state index contributed by atoms with van der Waals surface area (Å²) in [4.78, 5) is 11.9. The minimum Gasteiger partial charge on any atom is -0.299 e. The predicted octanol–water partition coefficient (Wildman–Crippen LogP) is 4.31. The van der Waals surface area contributed by atoms with Crippen LogP contribution in [0.25, 0.3) is 10.8 Å². The van der Waals surface area contributed by atoms with E-state index in [1.165, 1.54) is 16.3 Å². The highest BCUT2D eigenvalue weighted by Gasteiger charge is 2.36. The minimum absolute atomic E-state index is 0.265. The highest BCUT2D eigenvalue weighted by Crippen LogP contribution is 2.45. The zero-order valence-electron chi connectivity index (χ0n) is 10.7. The van der Waals surface area contributed by atoms with Gasteiger partial charge in [-0.2, -0.15) is 0 Å². The Balaban J connectivity index is 2.02. The molecule has 0 spiro atoms. The average Bonchev–Trinajstić information content (AvgIpc) is 2.38. The van der Waals surface area contributed by atoms with Gasteiger partial charge in [0.25, 0.3) is 0 Å². The Bertz CT molecular complexity index is 580. The fourth-order valence-electron chi connectivity index (χ4n) is 3.09. The molecular weight excluding hydrogens is 220 g/mol. The second-order valence-electron chi connectivity index (χ2n) is 5.18. The van der Waals surface area contributed by atoms with E-state index < -0.39 is 0 Å². The molecule has 2 aromatic carbocycles. The summed E-state index contributed by atoms with van der Waals surface area (Å²) >= 11 is 0. The third-order valence-electron chi connectivity index (χ3n) is 4.26. The van der Waals surface area contributed by atoms with Crippen LogP contribution in [-0.2, 0) is 4.79 Å². The van der Waals surface area contributed by atoms with Gasteiger partial charge in [-0.25, -0.2) is 0 Å². The largest absolute Gasteiger partial charge is 0.299 e. The number of hydrogen-bond acceptors (Lipinski definition) is 1. The van der Waals surface area contributed by atoms with Gasteiger partial charge in [0.05, 0.1) is 0 Å². The summed E-state index contributed by atoms with van der Waals surface area (Å²) in [5.74, 6) is 1.14. The molecule has 1 heteroatoms. The summed E-state index contributed by atoms with van der Waals surface area (Å²) in [5, 5.41) is 2.60. The quantitative estimate of drug-likeness (QED) is 0.778. The van der Waals surface area contributed by atoms with Crippen LogP contribution >= 0.6 is 0 Å². The summed E-state index contributed by atoms with van der Waals surface area (Å²) < 4.78 is 0. The molecule has 3 rings (SSSR count). The zero-order valence-corrected chi connectivity index (χ0v) is 10.7. The molecule has 1 aliphatic carbocycles. The highest BCUT2D eigenvalue weighted by molar-refractivity contribution is 5.88. The van der Waals surface area contributed by atoms with E-state index >= 15 is 0 Å². The van der Waals surface area contributed by atoms with Gasteiger partial charge in [-0.05, 0) is 35.1 Å². The van der Waals surface area contributed by atoms with Crippen molar-refractivity contribution in [2.45, 2.75) is 32.1 Å². The second-order valence-corrected chi connectivity index (χ2v) is 5.18. The first-order valence-corrected chi connectivity index (χ1v) is 6.81. The molecule has 0 amide bonds. The number of rotatable bonds is 3. The van der Waals surface area contributed by atoms with E-state index in [1.54, 1.807) is 0 Å². The third kappa shape index (κ3) is 1.74. The average molecular weight is 238 g/mol. The monoisotopic (exact) mass is 238 g/mol. The summed E-state index contributed by atoms with van der Waals surface area (Å²) in [6.07, 6.45) is 2.90. The van der Waals surface area contributed by atoms with Gasteiger partial charge in [0.2, 0.25) is 0 Å². The number of benzene rings is 2. The molecule has 1 nitrogen and oxygen atoms in total. The summed E-state index contributed by atoms with van der Waals surface area (Å²) in [5.41, 5.74) is 1.37. The van der Waals surface area contributed by atoms with Gasteiger partial charge in [0.15, 0.2) is 0 Å². The van der Waals surface area contributed by atoms with Crippen LogP contribution in [0, 0.1) is 5.92 Å². The van der Waals surface area contributed by atoms with Crippen molar-refractivity contribution in [2.75, 3.05) is 0 Å². The van der Waals surface area contributed by atoms with Crippen LogP contribution in [-0.4, -0.2) is 5.78 Å². The molecule has 18 heavy (non-hydrogen) atoms. The third-order valence-corrected chi connectivity index (χ3v) is 4.26. The van der Waals surface area contributed by atoms with Crippen molar-refractivity contribution in [1.29, 1.82) is 0 Å². The van der Waals surface area contributed by atoms with Gasteiger partial charge in [-0.1, -0.05) is 49.4 Å². The molecule has 1 saturated carbocycles. The lowest BCUT2D eigenvalue weighted by Crippen LogP contribution is -2.30. The molecule has 0 aromatic heterocycles. The van der Waals surface area contributed by atoms with Crippen molar-refractivity contribution < 1.29 is 4.79 Å². The number of carbonyl (C=O) groups is 1. The number of hydrogen-bond donors (Lipinski definition) is 0.